The number of hydrogen-bond donors (Lipinski definition) is 2. The highest BCUT2D eigenvalue weighted by Crippen LogP contribution is 2.17. The molecule has 72 valence electrons. The lowest BCUT2D eigenvalue weighted by Gasteiger charge is -2.19. The second-order valence-electron chi connectivity index (χ2n) is 3.05. The van der Waals surface area contributed by atoms with Gasteiger partial charge in [-0.3, -0.25) is 0 Å². The van der Waals surface area contributed by atoms with Crippen molar-refractivity contribution in [1.82, 2.24) is 9.97 Å². The SMILES string of the molecule is CC(C)(CN)c1cnc[nH]1.Cl.Cl. The first-order valence-corrected chi connectivity index (χ1v) is 3.36. The third-order valence-corrected chi connectivity index (χ3v) is 1.74. The smallest absolute Gasteiger partial charge is 0.0921 e. The fourth-order valence-electron chi connectivity index (χ4n) is 0.736. The molecule has 0 aliphatic heterocycles. The summed E-state index contributed by atoms with van der Waals surface area (Å²) in [4.78, 5) is 6.96. The van der Waals surface area contributed by atoms with E-state index < -0.39 is 0 Å². The van der Waals surface area contributed by atoms with Crippen LogP contribution in [0.5, 0.6) is 0 Å². The summed E-state index contributed by atoms with van der Waals surface area (Å²) in [6.07, 6.45) is 3.49. The minimum Gasteiger partial charge on any atom is -0.348 e. The van der Waals surface area contributed by atoms with Gasteiger partial charge in [0.1, 0.15) is 0 Å². The van der Waals surface area contributed by atoms with Gasteiger partial charge in [-0.25, -0.2) is 4.98 Å². The predicted molar refractivity (Wildman–Crippen MR) is 55.2 cm³/mol. The number of nitrogens with one attached hydrogen (secondary N) is 1. The second-order valence-corrected chi connectivity index (χ2v) is 3.05. The Morgan fingerprint density at radius 2 is 2.08 bits per heavy atom. The van der Waals surface area contributed by atoms with Crippen molar-refractivity contribution in [3.63, 3.8) is 0 Å². The largest absolute Gasteiger partial charge is 0.348 e. The van der Waals surface area contributed by atoms with E-state index in [2.05, 4.69) is 23.8 Å². The predicted octanol–water partition coefficient (Wildman–Crippen LogP) is 1.49. The van der Waals surface area contributed by atoms with Crippen molar-refractivity contribution in [2.75, 3.05) is 6.54 Å². The average molecular weight is 212 g/mol. The topological polar surface area (TPSA) is 54.7 Å². The molecule has 12 heavy (non-hydrogen) atoms. The molecule has 0 aliphatic carbocycles. The second kappa shape index (κ2) is 5.41. The normalized spacial score (nSPS) is 9.92. The Hall–Kier alpha value is -0.250. The molecule has 3 N–H and O–H groups in total. The molecule has 0 unspecified atom stereocenters. The molecule has 0 saturated heterocycles. The van der Waals surface area contributed by atoms with E-state index in [4.69, 9.17) is 5.73 Å². The molecule has 1 aromatic heterocycles. The first-order chi connectivity index (χ1) is 4.67. The van der Waals surface area contributed by atoms with Gasteiger partial charge in [0, 0.05) is 23.9 Å². The number of H-pyrrole nitrogens is 1. The Balaban J connectivity index is 0. The van der Waals surface area contributed by atoms with Crippen LogP contribution < -0.4 is 5.73 Å². The highest BCUT2D eigenvalue weighted by Gasteiger charge is 2.19. The number of nitrogens with zero attached hydrogens (tertiary/aromatic N) is 1. The van der Waals surface area contributed by atoms with E-state index in [1.807, 2.05) is 6.20 Å². The van der Waals surface area contributed by atoms with E-state index in [1.165, 1.54) is 0 Å². The van der Waals surface area contributed by atoms with Crippen molar-refractivity contribution >= 4 is 24.8 Å². The monoisotopic (exact) mass is 211 g/mol. The molecule has 0 fully saturated rings. The van der Waals surface area contributed by atoms with Crippen molar-refractivity contribution in [3.05, 3.63) is 18.2 Å². The van der Waals surface area contributed by atoms with E-state index in [-0.39, 0.29) is 30.2 Å². The third kappa shape index (κ3) is 3.01. The summed E-state index contributed by atoms with van der Waals surface area (Å²) < 4.78 is 0. The number of hydrogen-bond acceptors (Lipinski definition) is 2. The van der Waals surface area contributed by atoms with Crippen LogP contribution in [0.1, 0.15) is 19.5 Å². The van der Waals surface area contributed by atoms with E-state index in [0.29, 0.717) is 6.54 Å². The average Bonchev–Trinajstić information content (AvgIpc) is 2.38. The maximum absolute atomic E-state index is 5.55. The number of halogens is 2. The summed E-state index contributed by atoms with van der Waals surface area (Å²) >= 11 is 0. The molecule has 5 heteroatoms. The molecule has 0 aliphatic rings. The molecule has 1 aromatic rings. The van der Waals surface area contributed by atoms with Gasteiger partial charge in [0.25, 0.3) is 0 Å². The minimum atomic E-state index is 0. The molecule has 1 heterocycles. The number of aromatic nitrogens is 2. The Bertz CT molecular complexity index is 196. The van der Waals surface area contributed by atoms with Crippen molar-refractivity contribution < 1.29 is 0 Å². The van der Waals surface area contributed by atoms with Gasteiger partial charge in [0.05, 0.1) is 6.33 Å². The zero-order chi connectivity index (χ0) is 7.61. The van der Waals surface area contributed by atoms with Crippen LogP contribution in [0.15, 0.2) is 12.5 Å². The Kier molecular flexibility index (Phi) is 6.43. The van der Waals surface area contributed by atoms with Crippen molar-refractivity contribution in [1.29, 1.82) is 0 Å². The molecular formula is C7H15Cl2N3. The first kappa shape index (κ1) is 14.3. The lowest BCUT2D eigenvalue weighted by atomic mass is 9.90. The van der Waals surface area contributed by atoms with Crippen LogP contribution in [-0.2, 0) is 5.41 Å². The van der Waals surface area contributed by atoms with Crippen molar-refractivity contribution in [3.8, 4) is 0 Å². The molecule has 0 atom stereocenters. The fourth-order valence-corrected chi connectivity index (χ4v) is 0.736. The van der Waals surface area contributed by atoms with Crippen LogP contribution in [0.2, 0.25) is 0 Å². The Morgan fingerprint density at radius 3 is 2.42 bits per heavy atom. The standard InChI is InChI=1S/C7H13N3.2ClH/c1-7(2,4-8)6-3-9-5-10-6;;/h3,5H,4,8H2,1-2H3,(H,9,10);2*1H. The number of rotatable bonds is 2. The first-order valence-electron chi connectivity index (χ1n) is 3.36. The van der Waals surface area contributed by atoms with Gasteiger partial charge < -0.3 is 10.7 Å². The Morgan fingerprint density at radius 1 is 1.50 bits per heavy atom. The van der Waals surface area contributed by atoms with Gasteiger partial charge >= 0.3 is 0 Å². The highest BCUT2D eigenvalue weighted by molar-refractivity contribution is 5.85. The molecule has 0 spiro atoms. The highest BCUT2D eigenvalue weighted by atomic mass is 35.5. The van der Waals surface area contributed by atoms with E-state index in [9.17, 15) is 0 Å². The molecule has 0 radical (unpaired) electrons. The quantitative estimate of drug-likeness (QED) is 0.780. The molecule has 0 aromatic carbocycles. The molecule has 0 saturated carbocycles. The maximum Gasteiger partial charge on any atom is 0.0921 e. The van der Waals surface area contributed by atoms with Crippen molar-refractivity contribution in [2.45, 2.75) is 19.3 Å². The van der Waals surface area contributed by atoms with Gasteiger partial charge in [0.15, 0.2) is 0 Å². The Labute approximate surface area is 85.0 Å². The molecule has 3 nitrogen and oxygen atoms in total. The van der Waals surface area contributed by atoms with Crippen molar-refractivity contribution in [2.24, 2.45) is 5.73 Å². The summed E-state index contributed by atoms with van der Waals surface area (Å²) in [6.45, 7) is 4.80. The third-order valence-electron chi connectivity index (χ3n) is 1.74. The van der Waals surface area contributed by atoms with Crippen LogP contribution in [0, 0.1) is 0 Å². The maximum atomic E-state index is 5.55. The summed E-state index contributed by atoms with van der Waals surface area (Å²) in [5.74, 6) is 0. The van der Waals surface area contributed by atoms with Gasteiger partial charge in [-0.1, -0.05) is 13.8 Å². The van der Waals surface area contributed by atoms with Gasteiger partial charge in [-0.15, -0.1) is 24.8 Å². The van der Waals surface area contributed by atoms with Crippen LogP contribution in [0.3, 0.4) is 0 Å². The van der Waals surface area contributed by atoms with Gasteiger partial charge in [-0.05, 0) is 0 Å². The van der Waals surface area contributed by atoms with Crippen LogP contribution >= 0.6 is 24.8 Å². The van der Waals surface area contributed by atoms with E-state index in [0.717, 1.165) is 5.69 Å². The van der Waals surface area contributed by atoms with Gasteiger partial charge in [-0.2, -0.15) is 0 Å². The molecule has 1 rings (SSSR count). The molecule has 0 bridgehead atoms. The van der Waals surface area contributed by atoms with Crippen LogP contribution in [0.25, 0.3) is 0 Å². The van der Waals surface area contributed by atoms with Crippen LogP contribution in [-0.4, -0.2) is 16.5 Å². The number of imidazole rings is 1. The lowest BCUT2D eigenvalue weighted by Crippen LogP contribution is -2.28. The lowest BCUT2D eigenvalue weighted by molar-refractivity contribution is 0.524. The zero-order valence-corrected chi connectivity index (χ0v) is 8.84. The summed E-state index contributed by atoms with van der Waals surface area (Å²) in [6, 6.07) is 0. The number of nitrogens with two attached hydrogens (primary N) is 1. The van der Waals surface area contributed by atoms with Crippen LogP contribution in [0.4, 0.5) is 0 Å². The number of aromatic amines is 1. The zero-order valence-electron chi connectivity index (χ0n) is 7.20. The minimum absolute atomic E-state index is 0. The molecular weight excluding hydrogens is 197 g/mol. The summed E-state index contributed by atoms with van der Waals surface area (Å²) in [5.41, 5.74) is 6.67. The summed E-state index contributed by atoms with van der Waals surface area (Å²) in [7, 11) is 0. The van der Waals surface area contributed by atoms with Gasteiger partial charge in [0.2, 0.25) is 0 Å². The fraction of sp³-hybridized carbons (Fsp3) is 0.571. The molecule has 0 amide bonds. The summed E-state index contributed by atoms with van der Waals surface area (Å²) in [5, 5.41) is 0. The van der Waals surface area contributed by atoms with E-state index in [1.54, 1.807) is 6.33 Å². The van der Waals surface area contributed by atoms with E-state index >= 15 is 0 Å².